The highest BCUT2D eigenvalue weighted by Crippen LogP contribution is 2.29. The Bertz CT molecular complexity index is 1070. The van der Waals surface area contributed by atoms with E-state index in [-0.39, 0.29) is 5.91 Å². The highest BCUT2D eigenvalue weighted by Gasteiger charge is 2.24. The summed E-state index contributed by atoms with van der Waals surface area (Å²) in [5.74, 6) is -0.132. The van der Waals surface area contributed by atoms with Crippen molar-refractivity contribution in [3.05, 3.63) is 87.5 Å². The Kier molecular flexibility index (Phi) is 5.01. The van der Waals surface area contributed by atoms with Gasteiger partial charge in [-0.25, -0.2) is 4.99 Å². The molecule has 0 bridgehead atoms. The van der Waals surface area contributed by atoms with Gasteiger partial charge in [0.25, 0.3) is 5.91 Å². The molecule has 6 heteroatoms. The fourth-order valence-corrected chi connectivity index (χ4v) is 3.94. The molecule has 1 N–H and O–H groups in total. The van der Waals surface area contributed by atoms with Gasteiger partial charge in [0.2, 0.25) is 0 Å². The first-order valence-corrected chi connectivity index (χ1v) is 9.99. The summed E-state index contributed by atoms with van der Waals surface area (Å²) in [7, 11) is 0. The molecule has 4 rings (SSSR count). The van der Waals surface area contributed by atoms with Gasteiger partial charge in [0.05, 0.1) is 10.6 Å². The standard InChI is InChI=1S/C21H16BrN3OS/c1-14-7-9-16(10-8-14)23-21-24-20(26)19(27-21)13-18-6-3-11-25(18)17-5-2-4-15(22)12-17/h2-13H,1H3,(H,23,24,26)/b19-13-. The van der Waals surface area contributed by atoms with E-state index in [2.05, 4.69) is 26.2 Å². The molecular formula is C21H16BrN3OS. The van der Waals surface area contributed by atoms with Gasteiger partial charge in [0.15, 0.2) is 5.17 Å². The molecule has 1 aromatic heterocycles. The lowest BCUT2D eigenvalue weighted by Crippen LogP contribution is -2.19. The van der Waals surface area contributed by atoms with E-state index in [1.807, 2.05) is 84.4 Å². The number of hydrogen-bond acceptors (Lipinski definition) is 3. The SMILES string of the molecule is Cc1ccc(N=C2NC(=O)/C(=C/c3cccn3-c3cccc(Br)c3)S2)cc1. The third-order valence-corrected chi connectivity index (χ3v) is 5.46. The molecule has 0 spiro atoms. The molecule has 0 atom stereocenters. The van der Waals surface area contributed by atoms with Crippen LogP contribution < -0.4 is 5.32 Å². The fraction of sp³-hybridized carbons (Fsp3) is 0.0476. The first-order chi connectivity index (χ1) is 13.1. The molecule has 0 unspecified atom stereocenters. The first kappa shape index (κ1) is 17.8. The number of nitrogens with one attached hydrogen (secondary N) is 1. The van der Waals surface area contributed by atoms with Gasteiger partial charge in [-0.1, -0.05) is 39.7 Å². The monoisotopic (exact) mass is 437 g/mol. The zero-order valence-corrected chi connectivity index (χ0v) is 16.9. The average Bonchev–Trinajstić information content (AvgIpc) is 3.24. The van der Waals surface area contributed by atoms with Gasteiger partial charge in [-0.05, 0) is 67.2 Å². The summed E-state index contributed by atoms with van der Waals surface area (Å²) in [5, 5.41) is 3.43. The van der Waals surface area contributed by atoms with E-state index in [0.717, 1.165) is 21.5 Å². The first-order valence-electron chi connectivity index (χ1n) is 8.38. The largest absolute Gasteiger partial charge is 0.317 e. The molecule has 1 aliphatic rings. The summed E-state index contributed by atoms with van der Waals surface area (Å²) in [4.78, 5) is 17.5. The number of amidine groups is 1. The minimum atomic E-state index is -0.132. The molecule has 27 heavy (non-hydrogen) atoms. The Morgan fingerprint density at radius 1 is 1.11 bits per heavy atom. The number of thioether (sulfide) groups is 1. The van der Waals surface area contributed by atoms with Crippen LogP contribution in [0.4, 0.5) is 5.69 Å². The number of rotatable bonds is 3. The third-order valence-electron chi connectivity index (χ3n) is 4.06. The van der Waals surface area contributed by atoms with Crippen LogP contribution in [-0.2, 0) is 4.79 Å². The van der Waals surface area contributed by atoms with Crippen LogP contribution in [0.5, 0.6) is 0 Å². The van der Waals surface area contributed by atoms with Crippen molar-refractivity contribution in [2.45, 2.75) is 6.92 Å². The minimum absolute atomic E-state index is 0.132. The van der Waals surface area contributed by atoms with E-state index < -0.39 is 0 Å². The van der Waals surface area contributed by atoms with Gasteiger partial charge in [0, 0.05) is 22.1 Å². The molecule has 1 amide bonds. The predicted octanol–water partition coefficient (Wildman–Crippen LogP) is 5.44. The number of aryl methyl sites for hydroxylation is 1. The van der Waals surface area contributed by atoms with Crippen molar-refractivity contribution in [2.24, 2.45) is 4.99 Å². The topological polar surface area (TPSA) is 46.4 Å². The molecule has 4 nitrogen and oxygen atoms in total. The normalized spacial score (nSPS) is 16.9. The van der Waals surface area contributed by atoms with Crippen molar-refractivity contribution in [1.82, 2.24) is 9.88 Å². The van der Waals surface area contributed by atoms with E-state index in [9.17, 15) is 4.79 Å². The molecule has 3 aromatic rings. The highest BCUT2D eigenvalue weighted by molar-refractivity contribution is 9.10. The number of aromatic nitrogens is 1. The van der Waals surface area contributed by atoms with E-state index >= 15 is 0 Å². The number of carbonyl (C=O) groups excluding carboxylic acids is 1. The van der Waals surface area contributed by atoms with Crippen molar-refractivity contribution < 1.29 is 4.79 Å². The molecular weight excluding hydrogens is 422 g/mol. The van der Waals surface area contributed by atoms with E-state index in [0.29, 0.717) is 10.1 Å². The number of aliphatic imine (C=N–C) groups is 1. The van der Waals surface area contributed by atoms with Gasteiger partial charge in [-0.2, -0.15) is 0 Å². The van der Waals surface area contributed by atoms with Gasteiger partial charge < -0.3 is 9.88 Å². The second-order valence-electron chi connectivity index (χ2n) is 6.10. The Hall–Kier alpha value is -2.57. The van der Waals surface area contributed by atoms with Crippen LogP contribution in [0.3, 0.4) is 0 Å². The lowest BCUT2D eigenvalue weighted by Gasteiger charge is -2.07. The maximum atomic E-state index is 12.4. The lowest BCUT2D eigenvalue weighted by atomic mass is 10.2. The van der Waals surface area contributed by atoms with E-state index in [1.165, 1.54) is 17.3 Å². The summed E-state index contributed by atoms with van der Waals surface area (Å²) in [6.07, 6.45) is 3.87. The van der Waals surface area contributed by atoms with Crippen molar-refractivity contribution in [3.8, 4) is 5.69 Å². The van der Waals surface area contributed by atoms with Crippen molar-refractivity contribution >= 4 is 50.5 Å². The molecule has 1 aliphatic heterocycles. The van der Waals surface area contributed by atoms with Crippen LogP contribution in [0.2, 0.25) is 0 Å². The smallest absolute Gasteiger partial charge is 0.264 e. The number of carbonyl (C=O) groups is 1. The molecule has 2 aromatic carbocycles. The van der Waals surface area contributed by atoms with E-state index in [1.54, 1.807) is 0 Å². The van der Waals surface area contributed by atoms with Gasteiger partial charge in [0.1, 0.15) is 0 Å². The summed E-state index contributed by atoms with van der Waals surface area (Å²) < 4.78 is 3.05. The molecule has 2 heterocycles. The summed E-state index contributed by atoms with van der Waals surface area (Å²) in [6.45, 7) is 2.03. The Morgan fingerprint density at radius 2 is 1.93 bits per heavy atom. The molecule has 1 saturated heterocycles. The van der Waals surface area contributed by atoms with Crippen LogP contribution in [0.1, 0.15) is 11.3 Å². The fourth-order valence-electron chi connectivity index (χ4n) is 2.72. The molecule has 0 aliphatic carbocycles. The van der Waals surface area contributed by atoms with Crippen LogP contribution in [0.15, 0.2) is 81.2 Å². The quantitative estimate of drug-likeness (QED) is 0.554. The molecule has 1 fully saturated rings. The summed E-state index contributed by atoms with van der Waals surface area (Å²) >= 11 is 4.85. The summed E-state index contributed by atoms with van der Waals surface area (Å²) in [6, 6.07) is 19.9. The van der Waals surface area contributed by atoms with Crippen molar-refractivity contribution in [2.75, 3.05) is 0 Å². The Balaban J connectivity index is 1.61. The molecule has 0 radical (unpaired) electrons. The maximum absolute atomic E-state index is 12.4. The number of halogens is 1. The minimum Gasteiger partial charge on any atom is -0.317 e. The number of nitrogens with zero attached hydrogens (tertiary/aromatic N) is 2. The Labute approximate surface area is 170 Å². The summed E-state index contributed by atoms with van der Waals surface area (Å²) in [5.41, 5.74) is 3.96. The zero-order chi connectivity index (χ0) is 18.8. The van der Waals surface area contributed by atoms with Crippen LogP contribution in [0, 0.1) is 6.92 Å². The van der Waals surface area contributed by atoms with Crippen LogP contribution >= 0.6 is 27.7 Å². The van der Waals surface area contributed by atoms with Crippen molar-refractivity contribution in [3.63, 3.8) is 0 Å². The number of benzene rings is 2. The lowest BCUT2D eigenvalue weighted by molar-refractivity contribution is -0.115. The number of amides is 1. The van der Waals surface area contributed by atoms with Crippen LogP contribution in [0.25, 0.3) is 11.8 Å². The Morgan fingerprint density at radius 3 is 2.70 bits per heavy atom. The second kappa shape index (κ2) is 7.58. The highest BCUT2D eigenvalue weighted by atomic mass is 79.9. The van der Waals surface area contributed by atoms with Crippen molar-refractivity contribution in [1.29, 1.82) is 0 Å². The zero-order valence-electron chi connectivity index (χ0n) is 14.5. The predicted molar refractivity (Wildman–Crippen MR) is 115 cm³/mol. The third kappa shape index (κ3) is 4.07. The van der Waals surface area contributed by atoms with Gasteiger partial charge in [-0.3, -0.25) is 4.79 Å². The van der Waals surface area contributed by atoms with Gasteiger partial charge >= 0.3 is 0 Å². The van der Waals surface area contributed by atoms with Crippen LogP contribution in [-0.4, -0.2) is 15.6 Å². The number of hydrogen-bond donors (Lipinski definition) is 1. The van der Waals surface area contributed by atoms with Gasteiger partial charge in [-0.15, -0.1) is 0 Å². The maximum Gasteiger partial charge on any atom is 0.264 e. The molecule has 0 saturated carbocycles. The second-order valence-corrected chi connectivity index (χ2v) is 8.05. The average molecular weight is 438 g/mol. The molecule has 134 valence electrons. The van der Waals surface area contributed by atoms with E-state index in [4.69, 9.17) is 0 Å².